The second-order valence-electron chi connectivity index (χ2n) is 4.33. The Bertz CT molecular complexity index is 752. The van der Waals surface area contributed by atoms with Crippen LogP contribution in [0, 0.1) is 6.92 Å². The summed E-state index contributed by atoms with van der Waals surface area (Å²) in [5, 5.41) is 0. The Morgan fingerprint density at radius 2 is 2.16 bits per heavy atom. The topological polar surface area (TPSA) is 30.7 Å². The Morgan fingerprint density at radius 1 is 1.32 bits per heavy atom. The summed E-state index contributed by atoms with van der Waals surface area (Å²) in [6, 6.07) is 10.2. The molecule has 2 aromatic heterocycles. The molecule has 2 heterocycles. The van der Waals surface area contributed by atoms with Gasteiger partial charge in [0.15, 0.2) is 5.65 Å². The van der Waals surface area contributed by atoms with E-state index in [1.54, 1.807) is 6.20 Å². The summed E-state index contributed by atoms with van der Waals surface area (Å²) in [4.78, 5) is 8.99. The molecule has 0 unspecified atom stereocenters. The number of hydrogen-bond donors (Lipinski definition) is 0. The number of halogens is 2. The average molecular weight is 337 g/mol. The van der Waals surface area contributed by atoms with Crippen molar-refractivity contribution in [1.29, 1.82) is 0 Å². The first-order valence-electron chi connectivity index (χ1n) is 5.85. The Hall–Kier alpha value is -1.39. The largest absolute Gasteiger partial charge is 0.280 e. The molecule has 3 nitrogen and oxygen atoms in total. The van der Waals surface area contributed by atoms with E-state index in [0.29, 0.717) is 5.88 Å². The fraction of sp³-hybridized carbons (Fsp3) is 0.143. The van der Waals surface area contributed by atoms with Crippen molar-refractivity contribution in [3.8, 4) is 5.69 Å². The number of nitrogens with zero attached hydrogens (tertiary/aromatic N) is 3. The lowest BCUT2D eigenvalue weighted by Crippen LogP contribution is -2.00. The van der Waals surface area contributed by atoms with Crippen LogP contribution in [0.4, 0.5) is 0 Å². The number of rotatable bonds is 2. The number of imidazole rings is 1. The third-order valence-electron chi connectivity index (χ3n) is 2.91. The Morgan fingerprint density at radius 3 is 2.89 bits per heavy atom. The zero-order valence-electron chi connectivity index (χ0n) is 10.3. The van der Waals surface area contributed by atoms with Crippen molar-refractivity contribution in [3.05, 3.63) is 52.4 Å². The first kappa shape index (κ1) is 12.6. The molecule has 0 radical (unpaired) electrons. The summed E-state index contributed by atoms with van der Waals surface area (Å²) in [5.74, 6) is 1.15. The lowest BCUT2D eigenvalue weighted by atomic mass is 10.2. The van der Waals surface area contributed by atoms with Crippen LogP contribution in [0.2, 0.25) is 0 Å². The number of aromatic nitrogens is 3. The fourth-order valence-corrected chi connectivity index (χ4v) is 2.61. The minimum atomic E-state index is 0.349. The molecule has 5 heteroatoms. The van der Waals surface area contributed by atoms with Gasteiger partial charge in [0.05, 0.1) is 5.88 Å². The number of aryl methyl sites for hydroxylation is 1. The van der Waals surface area contributed by atoms with Crippen LogP contribution < -0.4 is 0 Å². The summed E-state index contributed by atoms with van der Waals surface area (Å²) < 4.78 is 2.91. The number of benzene rings is 1. The highest BCUT2D eigenvalue weighted by molar-refractivity contribution is 9.10. The van der Waals surface area contributed by atoms with Gasteiger partial charge in [0.25, 0.3) is 0 Å². The number of hydrogen-bond acceptors (Lipinski definition) is 2. The van der Waals surface area contributed by atoms with Crippen LogP contribution in [0.1, 0.15) is 11.4 Å². The molecule has 3 aromatic rings. The summed E-state index contributed by atoms with van der Waals surface area (Å²) in [6.07, 6.45) is 1.77. The maximum Gasteiger partial charge on any atom is 0.164 e. The molecule has 0 aliphatic heterocycles. The van der Waals surface area contributed by atoms with Gasteiger partial charge in [-0.05, 0) is 46.6 Å². The van der Waals surface area contributed by atoms with E-state index in [9.17, 15) is 0 Å². The second kappa shape index (κ2) is 4.94. The van der Waals surface area contributed by atoms with Crippen LogP contribution in [-0.4, -0.2) is 14.5 Å². The van der Waals surface area contributed by atoms with Crippen LogP contribution in [0.5, 0.6) is 0 Å². The minimum Gasteiger partial charge on any atom is -0.280 e. The van der Waals surface area contributed by atoms with E-state index in [1.807, 2.05) is 22.8 Å². The van der Waals surface area contributed by atoms with Gasteiger partial charge in [0.2, 0.25) is 0 Å². The predicted octanol–water partition coefficient (Wildman–Crippen LogP) is 4.23. The molecule has 0 spiro atoms. The van der Waals surface area contributed by atoms with E-state index < -0.39 is 0 Å². The maximum absolute atomic E-state index is 6.01. The van der Waals surface area contributed by atoms with E-state index in [0.717, 1.165) is 27.1 Å². The molecule has 0 fully saturated rings. The van der Waals surface area contributed by atoms with Crippen molar-refractivity contribution in [2.75, 3.05) is 0 Å². The molecule has 96 valence electrons. The van der Waals surface area contributed by atoms with Crippen LogP contribution >= 0.6 is 27.5 Å². The Kier molecular flexibility index (Phi) is 3.29. The summed E-state index contributed by atoms with van der Waals surface area (Å²) >= 11 is 9.42. The Balaban J connectivity index is 2.32. The number of fused-ring (bicyclic) bond motifs is 1. The number of alkyl halides is 1. The smallest absolute Gasteiger partial charge is 0.164 e. The van der Waals surface area contributed by atoms with Gasteiger partial charge in [-0.3, -0.25) is 4.57 Å². The summed E-state index contributed by atoms with van der Waals surface area (Å²) in [7, 11) is 0. The molecule has 0 N–H and O–H groups in total. The van der Waals surface area contributed by atoms with Gasteiger partial charge in [0.1, 0.15) is 11.3 Å². The first-order valence-corrected chi connectivity index (χ1v) is 7.17. The molecule has 1 aromatic carbocycles. The minimum absolute atomic E-state index is 0.349. The molecule has 0 aliphatic rings. The molecule has 0 amide bonds. The first-order chi connectivity index (χ1) is 9.19. The van der Waals surface area contributed by atoms with Gasteiger partial charge in [0, 0.05) is 16.4 Å². The third-order valence-corrected chi connectivity index (χ3v) is 3.59. The number of pyridine rings is 1. The predicted molar refractivity (Wildman–Crippen MR) is 80.9 cm³/mol. The molecule has 0 bridgehead atoms. The molecule has 3 rings (SSSR count). The maximum atomic E-state index is 6.01. The van der Waals surface area contributed by atoms with Gasteiger partial charge in [-0.2, -0.15) is 0 Å². The van der Waals surface area contributed by atoms with E-state index >= 15 is 0 Å². The van der Waals surface area contributed by atoms with Gasteiger partial charge < -0.3 is 0 Å². The fourth-order valence-electron chi connectivity index (χ4n) is 2.12. The molecule has 19 heavy (non-hydrogen) atoms. The average Bonchev–Trinajstić information content (AvgIpc) is 2.76. The third kappa shape index (κ3) is 2.26. The molecule has 0 aliphatic carbocycles. The molecule has 0 saturated carbocycles. The summed E-state index contributed by atoms with van der Waals surface area (Å²) in [5.41, 5.74) is 3.89. The molecule has 0 saturated heterocycles. The highest BCUT2D eigenvalue weighted by Crippen LogP contribution is 2.23. The van der Waals surface area contributed by atoms with Crippen molar-refractivity contribution in [1.82, 2.24) is 14.5 Å². The second-order valence-corrected chi connectivity index (χ2v) is 5.52. The van der Waals surface area contributed by atoms with E-state index in [4.69, 9.17) is 11.6 Å². The van der Waals surface area contributed by atoms with Gasteiger partial charge in [-0.15, -0.1) is 11.6 Å². The van der Waals surface area contributed by atoms with E-state index in [1.165, 1.54) is 5.56 Å². The van der Waals surface area contributed by atoms with Gasteiger partial charge >= 0.3 is 0 Å². The van der Waals surface area contributed by atoms with Gasteiger partial charge in [-0.25, -0.2) is 9.97 Å². The monoisotopic (exact) mass is 335 g/mol. The SMILES string of the molecule is Cc1cccc(-n2c(CCl)nc3cc(Br)cnc32)c1. The zero-order valence-corrected chi connectivity index (χ0v) is 12.6. The highest BCUT2D eigenvalue weighted by atomic mass is 79.9. The normalized spacial score (nSPS) is 11.1. The van der Waals surface area contributed by atoms with Crippen molar-refractivity contribution < 1.29 is 0 Å². The zero-order chi connectivity index (χ0) is 13.4. The van der Waals surface area contributed by atoms with Crippen molar-refractivity contribution in [2.45, 2.75) is 12.8 Å². The molecular formula is C14H11BrClN3. The lowest BCUT2D eigenvalue weighted by Gasteiger charge is -2.07. The van der Waals surface area contributed by atoms with Gasteiger partial charge in [-0.1, -0.05) is 12.1 Å². The quantitative estimate of drug-likeness (QED) is 0.656. The van der Waals surface area contributed by atoms with E-state index in [2.05, 4.69) is 45.0 Å². The van der Waals surface area contributed by atoms with Crippen LogP contribution in [0.15, 0.2) is 41.0 Å². The lowest BCUT2D eigenvalue weighted by molar-refractivity contribution is 0.968. The standard InChI is InChI=1S/C14H11BrClN3/c1-9-3-2-4-11(5-9)19-13(7-16)18-12-6-10(15)8-17-14(12)19/h2-6,8H,7H2,1H3. The van der Waals surface area contributed by atoms with Crippen molar-refractivity contribution >= 4 is 38.7 Å². The molecular weight excluding hydrogens is 326 g/mol. The van der Waals surface area contributed by atoms with Crippen molar-refractivity contribution in [2.24, 2.45) is 0 Å². The highest BCUT2D eigenvalue weighted by Gasteiger charge is 2.13. The van der Waals surface area contributed by atoms with Crippen LogP contribution in [0.3, 0.4) is 0 Å². The Labute approximate surface area is 124 Å². The van der Waals surface area contributed by atoms with E-state index in [-0.39, 0.29) is 0 Å². The van der Waals surface area contributed by atoms with Crippen LogP contribution in [-0.2, 0) is 5.88 Å². The van der Waals surface area contributed by atoms with Crippen LogP contribution in [0.25, 0.3) is 16.9 Å². The molecule has 0 atom stereocenters. The van der Waals surface area contributed by atoms with Crippen molar-refractivity contribution in [3.63, 3.8) is 0 Å². The summed E-state index contributed by atoms with van der Waals surface area (Å²) in [6.45, 7) is 2.06.